The molecule has 3 rings (SSSR count). The van der Waals surface area contributed by atoms with E-state index in [9.17, 15) is 8.78 Å². The summed E-state index contributed by atoms with van der Waals surface area (Å²) in [7, 11) is 0. The normalized spacial score (nSPS) is 14.3. The van der Waals surface area contributed by atoms with Crippen LogP contribution in [0.3, 0.4) is 0 Å². The number of benzene rings is 1. The number of rotatable bonds is 3. The van der Waals surface area contributed by atoms with Crippen molar-refractivity contribution in [3.63, 3.8) is 0 Å². The van der Waals surface area contributed by atoms with E-state index >= 15 is 0 Å². The van der Waals surface area contributed by atoms with Crippen LogP contribution in [0.2, 0.25) is 0 Å². The highest BCUT2D eigenvalue weighted by Crippen LogP contribution is 2.25. The van der Waals surface area contributed by atoms with Crippen LogP contribution in [0.1, 0.15) is 30.6 Å². The number of hydrogen-bond donors (Lipinski definition) is 1. The number of nitrogens with zero attached hydrogens (tertiary/aromatic N) is 2. The molecule has 2 heterocycles. The average molecular weight is 277 g/mol. The quantitative estimate of drug-likeness (QED) is 0.935. The summed E-state index contributed by atoms with van der Waals surface area (Å²) in [5.74, 6) is -0.810. The van der Waals surface area contributed by atoms with E-state index in [0.29, 0.717) is 6.54 Å². The van der Waals surface area contributed by atoms with E-state index < -0.39 is 11.6 Å². The highest BCUT2D eigenvalue weighted by molar-refractivity contribution is 5.40. The number of fused-ring (bicyclic) bond motifs is 1. The average Bonchev–Trinajstić information content (AvgIpc) is 2.80. The molecular weight excluding hydrogens is 260 g/mol. The summed E-state index contributed by atoms with van der Waals surface area (Å²) in [6, 6.07) is 4.29. The molecule has 0 bridgehead atoms. The van der Waals surface area contributed by atoms with Gasteiger partial charge in [-0.05, 0) is 18.6 Å². The summed E-state index contributed by atoms with van der Waals surface area (Å²) >= 11 is 0. The summed E-state index contributed by atoms with van der Waals surface area (Å²) in [4.78, 5) is 4.60. The molecule has 106 valence electrons. The van der Waals surface area contributed by atoms with Crippen LogP contribution >= 0.6 is 0 Å². The van der Waals surface area contributed by atoms with Crippen LogP contribution < -0.4 is 5.32 Å². The van der Waals surface area contributed by atoms with Crippen molar-refractivity contribution in [1.82, 2.24) is 14.9 Å². The van der Waals surface area contributed by atoms with Crippen molar-refractivity contribution < 1.29 is 8.78 Å². The summed E-state index contributed by atoms with van der Waals surface area (Å²) in [5.41, 5.74) is 2.21. The second-order valence-electron chi connectivity index (χ2n) is 5.01. The molecule has 0 radical (unpaired) electrons. The van der Waals surface area contributed by atoms with Gasteiger partial charge in [0.15, 0.2) is 11.6 Å². The molecule has 1 N–H and O–H groups in total. The molecule has 0 saturated carbocycles. The molecule has 0 atom stereocenters. The van der Waals surface area contributed by atoms with Gasteiger partial charge in [0.05, 0.1) is 11.4 Å². The monoisotopic (exact) mass is 277 g/mol. The van der Waals surface area contributed by atoms with Crippen LogP contribution in [-0.4, -0.2) is 16.1 Å². The first-order valence-corrected chi connectivity index (χ1v) is 6.96. The van der Waals surface area contributed by atoms with Gasteiger partial charge < -0.3 is 5.32 Å². The summed E-state index contributed by atoms with van der Waals surface area (Å²) in [5, 5.41) is 3.26. The summed E-state index contributed by atoms with van der Waals surface area (Å²) in [6.45, 7) is 3.58. The molecule has 1 aliphatic heterocycles. The molecule has 20 heavy (non-hydrogen) atoms. The van der Waals surface area contributed by atoms with Gasteiger partial charge in [-0.1, -0.05) is 13.0 Å². The first kappa shape index (κ1) is 13.2. The Labute approximate surface area is 116 Å². The van der Waals surface area contributed by atoms with Gasteiger partial charge in [0.1, 0.15) is 5.82 Å². The van der Waals surface area contributed by atoms with Crippen molar-refractivity contribution in [2.45, 2.75) is 32.7 Å². The molecule has 1 aromatic heterocycles. The minimum Gasteiger partial charge on any atom is -0.311 e. The van der Waals surface area contributed by atoms with Crippen LogP contribution in [0, 0.1) is 11.6 Å². The lowest BCUT2D eigenvalue weighted by molar-refractivity contribution is 0.501. The van der Waals surface area contributed by atoms with Gasteiger partial charge in [0, 0.05) is 31.6 Å². The predicted molar refractivity (Wildman–Crippen MR) is 72.9 cm³/mol. The summed E-state index contributed by atoms with van der Waals surface area (Å²) in [6.07, 6.45) is 2.45. The molecule has 2 aromatic rings. The minimum absolute atomic E-state index is 0.268. The minimum atomic E-state index is -0.818. The Morgan fingerprint density at radius 1 is 1.35 bits per heavy atom. The van der Waals surface area contributed by atoms with E-state index in [1.54, 1.807) is 10.6 Å². The van der Waals surface area contributed by atoms with E-state index in [2.05, 4.69) is 17.2 Å². The Balaban J connectivity index is 2.20. The standard InChI is InChI=1S/C15H17F2N3/c1-2-4-14-19-11-9-18-8-7-12(11)20(14)13-6-3-5-10(16)15(13)17/h3,5-6,18H,2,4,7-9H2,1H3. The molecule has 1 aromatic carbocycles. The van der Waals surface area contributed by atoms with Crippen molar-refractivity contribution in [2.75, 3.05) is 6.54 Å². The van der Waals surface area contributed by atoms with E-state index in [0.717, 1.165) is 49.1 Å². The van der Waals surface area contributed by atoms with Gasteiger partial charge in [-0.3, -0.25) is 4.57 Å². The topological polar surface area (TPSA) is 29.9 Å². The number of halogens is 2. The lowest BCUT2D eigenvalue weighted by Gasteiger charge is -2.17. The lowest BCUT2D eigenvalue weighted by Crippen LogP contribution is -2.25. The number of nitrogens with one attached hydrogen (secondary N) is 1. The van der Waals surface area contributed by atoms with Crippen molar-refractivity contribution >= 4 is 0 Å². The largest absolute Gasteiger partial charge is 0.311 e. The van der Waals surface area contributed by atoms with E-state index in [1.807, 2.05) is 0 Å². The Kier molecular flexibility index (Phi) is 3.53. The molecule has 0 unspecified atom stereocenters. The zero-order valence-corrected chi connectivity index (χ0v) is 11.4. The third-order valence-electron chi connectivity index (χ3n) is 3.60. The Hall–Kier alpha value is -1.75. The predicted octanol–water partition coefficient (Wildman–Crippen LogP) is 2.75. The van der Waals surface area contributed by atoms with Crippen LogP contribution in [0.25, 0.3) is 5.69 Å². The smallest absolute Gasteiger partial charge is 0.182 e. The molecule has 5 heteroatoms. The van der Waals surface area contributed by atoms with Gasteiger partial charge in [-0.2, -0.15) is 0 Å². The number of aromatic nitrogens is 2. The van der Waals surface area contributed by atoms with Crippen LogP contribution in [0.5, 0.6) is 0 Å². The van der Waals surface area contributed by atoms with Gasteiger partial charge in [-0.25, -0.2) is 13.8 Å². The highest BCUT2D eigenvalue weighted by Gasteiger charge is 2.22. The molecule has 0 aliphatic carbocycles. The fourth-order valence-electron chi connectivity index (χ4n) is 2.71. The van der Waals surface area contributed by atoms with Gasteiger partial charge in [0.2, 0.25) is 0 Å². The van der Waals surface area contributed by atoms with E-state index in [4.69, 9.17) is 0 Å². The van der Waals surface area contributed by atoms with Crippen molar-refractivity contribution in [3.8, 4) is 5.69 Å². The van der Waals surface area contributed by atoms with E-state index in [-0.39, 0.29) is 5.69 Å². The van der Waals surface area contributed by atoms with Crippen molar-refractivity contribution in [1.29, 1.82) is 0 Å². The Bertz CT molecular complexity index is 634. The molecule has 0 fully saturated rings. The van der Waals surface area contributed by atoms with Crippen LogP contribution in [0.15, 0.2) is 18.2 Å². The number of imidazole rings is 1. The summed E-state index contributed by atoms with van der Waals surface area (Å²) < 4.78 is 29.4. The fourth-order valence-corrected chi connectivity index (χ4v) is 2.71. The van der Waals surface area contributed by atoms with Gasteiger partial charge in [0.25, 0.3) is 0 Å². The molecule has 0 saturated heterocycles. The second-order valence-corrected chi connectivity index (χ2v) is 5.01. The van der Waals surface area contributed by atoms with Gasteiger partial charge >= 0.3 is 0 Å². The molecule has 0 amide bonds. The maximum Gasteiger partial charge on any atom is 0.182 e. The zero-order valence-electron chi connectivity index (χ0n) is 11.4. The number of aryl methyl sites for hydroxylation is 1. The molecule has 0 spiro atoms. The maximum absolute atomic E-state index is 14.1. The first-order valence-electron chi connectivity index (χ1n) is 6.96. The second kappa shape index (κ2) is 5.32. The zero-order chi connectivity index (χ0) is 14.1. The van der Waals surface area contributed by atoms with Gasteiger partial charge in [-0.15, -0.1) is 0 Å². The van der Waals surface area contributed by atoms with Crippen molar-refractivity contribution in [2.24, 2.45) is 0 Å². The van der Waals surface area contributed by atoms with Crippen LogP contribution in [0.4, 0.5) is 8.78 Å². The molecule has 1 aliphatic rings. The fraction of sp³-hybridized carbons (Fsp3) is 0.400. The highest BCUT2D eigenvalue weighted by atomic mass is 19.2. The first-order chi connectivity index (χ1) is 9.72. The lowest BCUT2D eigenvalue weighted by atomic mass is 10.1. The van der Waals surface area contributed by atoms with E-state index in [1.165, 1.54) is 6.07 Å². The van der Waals surface area contributed by atoms with Crippen molar-refractivity contribution in [3.05, 3.63) is 47.0 Å². The Morgan fingerprint density at radius 3 is 3.00 bits per heavy atom. The Morgan fingerprint density at radius 2 is 2.20 bits per heavy atom. The maximum atomic E-state index is 14.1. The third-order valence-corrected chi connectivity index (χ3v) is 3.60. The SMILES string of the molecule is CCCc1nc2c(n1-c1cccc(F)c1F)CCNC2. The van der Waals surface area contributed by atoms with Crippen LogP contribution in [-0.2, 0) is 19.4 Å². The molecular formula is C15H17F2N3. The third kappa shape index (κ3) is 2.12. The molecule has 3 nitrogen and oxygen atoms in total. The number of hydrogen-bond acceptors (Lipinski definition) is 2.